The molecule has 0 saturated heterocycles. The number of phenols is 1. The first-order valence-corrected chi connectivity index (χ1v) is 7.55. The van der Waals surface area contributed by atoms with Gasteiger partial charge in [0.15, 0.2) is 0 Å². The molecule has 0 atom stereocenters. The first-order chi connectivity index (χ1) is 11.7. The van der Waals surface area contributed by atoms with Gasteiger partial charge in [-0.05, 0) is 41.3 Å². The van der Waals surface area contributed by atoms with E-state index in [0.717, 1.165) is 22.0 Å². The average Bonchev–Trinajstić information content (AvgIpc) is 2.61. The van der Waals surface area contributed by atoms with Crippen LogP contribution in [-0.4, -0.2) is 23.8 Å². The highest BCUT2D eigenvalue weighted by atomic mass is 16.3. The lowest BCUT2D eigenvalue weighted by atomic mass is 10.1. The minimum atomic E-state index is -0.238. The molecular formula is C19H17N3O2. The molecule has 0 unspecified atom stereocenters. The summed E-state index contributed by atoms with van der Waals surface area (Å²) in [6.45, 7) is 0.126. The highest BCUT2D eigenvalue weighted by Gasteiger charge is 2.02. The average molecular weight is 319 g/mol. The molecule has 0 aliphatic heterocycles. The molecule has 0 fully saturated rings. The van der Waals surface area contributed by atoms with Crippen LogP contribution in [0.4, 0.5) is 5.69 Å². The molecule has 5 heteroatoms. The maximum atomic E-state index is 11.9. The Kier molecular flexibility index (Phi) is 4.72. The van der Waals surface area contributed by atoms with Crippen LogP contribution in [0, 0.1) is 0 Å². The summed E-state index contributed by atoms with van der Waals surface area (Å²) in [7, 11) is 0. The third-order valence-electron chi connectivity index (χ3n) is 3.52. The number of hydrazone groups is 1. The van der Waals surface area contributed by atoms with Crippen molar-refractivity contribution in [1.29, 1.82) is 0 Å². The standard InChI is InChI=1S/C19H17N3O2/c23-16-10-8-14(9-11-16)12-21-22-19(24)13-20-18-7-3-5-15-4-1-2-6-17(15)18/h1-12,20,23H,13H2,(H,22,24)/b21-12-. The maximum absolute atomic E-state index is 11.9. The van der Waals surface area contributed by atoms with E-state index >= 15 is 0 Å². The van der Waals surface area contributed by atoms with Gasteiger partial charge in [0, 0.05) is 11.1 Å². The van der Waals surface area contributed by atoms with Crippen LogP contribution in [0.5, 0.6) is 5.75 Å². The molecule has 0 spiro atoms. The van der Waals surface area contributed by atoms with Gasteiger partial charge < -0.3 is 10.4 Å². The zero-order valence-corrected chi connectivity index (χ0v) is 12.9. The Morgan fingerprint density at radius 2 is 1.75 bits per heavy atom. The van der Waals surface area contributed by atoms with E-state index < -0.39 is 0 Å². The van der Waals surface area contributed by atoms with Crippen molar-refractivity contribution in [1.82, 2.24) is 5.43 Å². The van der Waals surface area contributed by atoms with Crippen LogP contribution in [0.2, 0.25) is 0 Å². The van der Waals surface area contributed by atoms with E-state index in [2.05, 4.69) is 15.8 Å². The van der Waals surface area contributed by atoms with Crippen molar-refractivity contribution in [3.8, 4) is 5.75 Å². The number of rotatable bonds is 5. The Hall–Kier alpha value is -3.34. The minimum Gasteiger partial charge on any atom is -0.508 e. The van der Waals surface area contributed by atoms with Gasteiger partial charge in [-0.15, -0.1) is 0 Å². The molecule has 0 aliphatic carbocycles. The number of nitrogens with zero attached hydrogens (tertiary/aromatic N) is 1. The molecule has 0 aliphatic rings. The Morgan fingerprint density at radius 1 is 1.00 bits per heavy atom. The van der Waals surface area contributed by atoms with Crippen molar-refractivity contribution in [3.05, 3.63) is 72.3 Å². The molecule has 120 valence electrons. The third kappa shape index (κ3) is 3.89. The van der Waals surface area contributed by atoms with Crippen LogP contribution in [0.1, 0.15) is 5.56 Å². The summed E-state index contributed by atoms with van der Waals surface area (Å²) in [5.74, 6) is -0.0477. The SMILES string of the molecule is O=C(CNc1cccc2ccccc12)N/N=C\c1ccc(O)cc1. The van der Waals surface area contributed by atoms with Gasteiger partial charge in [0.05, 0.1) is 12.8 Å². The summed E-state index contributed by atoms with van der Waals surface area (Å²) in [6.07, 6.45) is 1.52. The zero-order chi connectivity index (χ0) is 16.8. The number of hydrogen-bond donors (Lipinski definition) is 3. The summed E-state index contributed by atoms with van der Waals surface area (Å²) >= 11 is 0. The van der Waals surface area contributed by atoms with Gasteiger partial charge in [-0.2, -0.15) is 5.10 Å². The Labute approximate surface area is 139 Å². The summed E-state index contributed by atoms with van der Waals surface area (Å²) < 4.78 is 0. The predicted octanol–water partition coefficient (Wildman–Crippen LogP) is 3.11. The second-order valence-electron chi connectivity index (χ2n) is 5.26. The largest absolute Gasteiger partial charge is 0.508 e. The molecule has 24 heavy (non-hydrogen) atoms. The quantitative estimate of drug-likeness (QED) is 0.500. The summed E-state index contributed by atoms with van der Waals surface area (Å²) in [5, 5.41) is 18.4. The lowest BCUT2D eigenvalue weighted by Crippen LogP contribution is -2.25. The molecule has 0 radical (unpaired) electrons. The molecule has 3 aromatic carbocycles. The second-order valence-corrected chi connectivity index (χ2v) is 5.26. The third-order valence-corrected chi connectivity index (χ3v) is 3.52. The van der Waals surface area contributed by atoms with Gasteiger partial charge in [0.1, 0.15) is 5.75 Å². The molecule has 3 aromatic rings. The van der Waals surface area contributed by atoms with Gasteiger partial charge in [-0.3, -0.25) is 4.79 Å². The molecule has 0 bridgehead atoms. The minimum absolute atomic E-state index is 0.126. The molecule has 5 nitrogen and oxygen atoms in total. The van der Waals surface area contributed by atoms with Crippen LogP contribution >= 0.6 is 0 Å². The van der Waals surface area contributed by atoms with Crippen LogP contribution < -0.4 is 10.7 Å². The lowest BCUT2D eigenvalue weighted by Gasteiger charge is -2.08. The monoisotopic (exact) mass is 319 g/mol. The van der Waals surface area contributed by atoms with Crippen LogP contribution in [0.15, 0.2) is 71.8 Å². The van der Waals surface area contributed by atoms with Crippen LogP contribution in [-0.2, 0) is 4.79 Å². The number of hydrogen-bond acceptors (Lipinski definition) is 4. The van der Waals surface area contributed by atoms with Gasteiger partial charge in [-0.25, -0.2) is 5.43 Å². The first-order valence-electron chi connectivity index (χ1n) is 7.55. The maximum Gasteiger partial charge on any atom is 0.259 e. The van der Waals surface area contributed by atoms with Crippen LogP contribution in [0.25, 0.3) is 10.8 Å². The van der Waals surface area contributed by atoms with E-state index in [-0.39, 0.29) is 18.2 Å². The molecule has 3 N–H and O–H groups in total. The number of phenolic OH excluding ortho intramolecular Hbond substituents is 1. The summed E-state index contributed by atoms with van der Waals surface area (Å²) in [6, 6.07) is 20.5. The van der Waals surface area contributed by atoms with Gasteiger partial charge in [-0.1, -0.05) is 36.4 Å². The van der Waals surface area contributed by atoms with Crippen LogP contribution in [0.3, 0.4) is 0 Å². The number of carbonyl (C=O) groups excluding carboxylic acids is 1. The predicted molar refractivity (Wildman–Crippen MR) is 96.3 cm³/mol. The normalized spacial score (nSPS) is 10.8. The van der Waals surface area contributed by atoms with Crippen molar-refractivity contribution in [3.63, 3.8) is 0 Å². The number of benzene rings is 3. The summed E-state index contributed by atoms with van der Waals surface area (Å²) in [4.78, 5) is 11.9. The van der Waals surface area contributed by atoms with E-state index in [4.69, 9.17) is 0 Å². The molecule has 3 rings (SSSR count). The highest BCUT2D eigenvalue weighted by Crippen LogP contribution is 2.22. The molecular weight excluding hydrogens is 302 g/mol. The fourth-order valence-electron chi connectivity index (χ4n) is 2.33. The Balaban J connectivity index is 1.56. The highest BCUT2D eigenvalue weighted by molar-refractivity contribution is 5.95. The molecule has 0 saturated carbocycles. The topological polar surface area (TPSA) is 73.7 Å². The zero-order valence-electron chi connectivity index (χ0n) is 12.9. The fourth-order valence-corrected chi connectivity index (χ4v) is 2.33. The van der Waals surface area contributed by atoms with Gasteiger partial charge >= 0.3 is 0 Å². The van der Waals surface area contributed by atoms with Crippen molar-refractivity contribution >= 4 is 28.6 Å². The van der Waals surface area contributed by atoms with Crippen molar-refractivity contribution < 1.29 is 9.90 Å². The first kappa shape index (κ1) is 15.6. The van der Waals surface area contributed by atoms with E-state index in [1.54, 1.807) is 24.3 Å². The number of carbonyl (C=O) groups is 1. The summed E-state index contributed by atoms with van der Waals surface area (Å²) in [5.41, 5.74) is 4.16. The molecule has 0 heterocycles. The van der Waals surface area contributed by atoms with Gasteiger partial charge in [0.25, 0.3) is 5.91 Å². The lowest BCUT2D eigenvalue weighted by molar-refractivity contribution is -0.119. The van der Waals surface area contributed by atoms with Crippen molar-refractivity contribution in [2.24, 2.45) is 5.10 Å². The number of aromatic hydroxyl groups is 1. The van der Waals surface area contributed by atoms with E-state index in [0.29, 0.717) is 0 Å². The van der Waals surface area contributed by atoms with E-state index in [1.807, 2.05) is 42.5 Å². The van der Waals surface area contributed by atoms with Gasteiger partial charge in [0.2, 0.25) is 0 Å². The molecule has 1 amide bonds. The van der Waals surface area contributed by atoms with Crippen molar-refractivity contribution in [2.75, 3.05) is 11.9 Å². The fraction of sp³-hybridized carbons (Fsp3) is 0.0526. The number of fused-ring (bicyclic) bond motifs is 1. The number of anilines is 1. The smallest absolute Gasteiger partial charge is 0.259 e. The molecule has 0 aromatic heterocycles. The Bertz CT molecular complexity index is 868. The number of amides is 1. The second kappa shape index (κ2) is 7.28. The van der Waals surface area contributed by atoms with E-state index in [9.17, 15) is 9.90 Å². The Morgan fingerprint density at radius 3 is 2.58 bits per heavy atom. The number of nitrogens with one attached hydrogen (secondary N) is 2. The van der Waals surface area contributed by atoms with Crippen molar-refractivity contribution in [2.45, 2.75) is 0 Å². The van der Waals surface area contributed by atoms with E-state index in [1.165, 1.54) is 6.21 Å².